The van der Waals surface area contributed by atoms with Crippen LogP contribution in [0.4, 0.5) is 4.79 Å². The normalized spacial score (nSPS) is 15.4. The highest BCUT2D eigenvalue weighted by Gasteiger charge is 2.38. The maximum Gasteiger partial charge on any atom is 0.416 e. The number of amides is 3. The number of carbonyl (C=O) groups is 3. The number of nitrogens with zero attached hydrogens (tertiary/aromatic N) is 4. The van der Waals surface area contributed by atoms with Gasteiger partial charge in [-0.1, -0.05) is 69.3 Å². The summed E-state index contributed by atoms with van der Waals surface area (Å²) >= 11 is 0. The number of rotatable bonds is 6. The van der Waals surface area contributed by atoms with Crippen LogP contribution in [0.15, 0.2) is 66.7 Å². The Hall–Kier alpha value is -4.18. The monoisotopic (exact) mass is 532 g/mol. The minimum absolute atomic E-state index is 0.207. The minimum atomic E-state index is -0.886. The molecule has 3 aromatic rings. The van der Waals surface area contributed by atoms with E-state index in [4.69, 9.17) is 10.5 Å². The van der Waals surface area contributed by atoms with E-state index < -0.39 is 29.5 Å². The van der Waals surface area contributed by atoms with Crippen molar-refractivity contribution in [1.82, 2.24) is 24.9 Å². The van der Waals surface area contributed by atoms with Crippen LogP contribution in [0, 0.1) is 12.3 Å². The molecule has 2 heterocycles. The van der Waals surface area contributed by atoms with Gasteiger partial charge in [-0.3, -0.25) is 9.59 Å². The summed E-state index contributed by atoms with van der Waals surface area (Å²) in [6.45, 7) is 8.77. The van der Waals surface area contributed by atoms with E-state index in [-0.39, 0.29) is 5.91 Å². The highest BCUT2D eigenvalue weighted by molar-refractivity contribution is 5.91. The molecule has 1 aliphatic heterocycles. The molecule has 2 unspecified atom stereocenters. The van der Waals surface area contributed by atoms with E-state index in [1.807, 2.05) is 76.2 Å². The van der Waals surface area contributed by atoms with Gasteiger partial charge >= 0.3 is 6.09 Å². The van der Waals surface area contributed by atoms with Gasteiger partial charge in [0.1, 0.15) is 12.1 Å². The molecular weight excluding hydrogens is 496 g/mol. The lowest BCUT2D eigenvalue weighted by Crippen LogP contribution is -2.60. The molecule has 0 radical (unpaired) electrons. The second-order valence-corrected chi connectivity index (χ2v) is 10.7. The number of aromatic nitrogens is 2. The van der Waals surface area contributed by atoms with Crippen molar-refractivity contribution in [2.45, 2.75) is 39.8 Å². The molecular formula is C29H36N6O4. The molecule has 10 nitrogen and oxygen atoms in total. The molecule has 2 atom stereocenters. The van der Waals surface area contributed by atoms with Gasteiger partial charge in [0, 0.05) is 32.2 Å². The summed E-state index contributed by atoms with van der Waals surface area (Å²) in [6, 6.07) is 18.5. The van der Waals surface area contributed by atoms with Gasteiger partial charge in [-0.15, -0.1) is 0 Å². The van der Waals surface area contributed by atoms with Crippen molar-refractivity contribution in [1.29, 1.82) is 0 Å². The molecule has 206 valence electrons. The van der Waals surface area contributed by atoms with Gasteiger partial charge in [-0.05, 0) is 30.0 Å². The molecule has 10 heteroatoms. The van der Waals surface area contributed by atoms with E-state index in [0.29, 0.717) is 37.6 Å². The summed E-state index contributed by atoms with van der Waals surface area (Å²) < 4.78 is 7.28. The van der Waals surface area contributed by atoms with Crippen molar-refractivity contribution in [3.05, 3.63) is 78.0 Å². The Bertz CT molecular complexity index is 1290. The second kappa shape index (κ2) is 11.7. The van der Waals surface area contributed by atoms with Crippen molar-refractivity contribution < 1.29 is 19.1 Å². The van der Waals surface area contributed by atoms with Crippen LogP contribution in [-0.2, 0) is 9.59 Å². The Kier molecular flexibility index (Phi) is 8.35. The first-order valence-electron chi connectivity index (χ1n) is 13.0. The molecule has 1 aromatic heterocycles. The number of nitrogens with one attached hydrogen (secondary N) is 1. The smallest absolute Gasteiger partial charge is 0.391 e. The summed E-state index contributed by atoms with van der Waals surface area (Å²) in [6.07, 6.45) is -0.506. The molecule has 39 heavy (non-hydrogen) atoms. The van der Waals surface area contributed by atoms with Gasteiger partial charge in [0.05, 0.1) is 11.4 Å². The molecule has 4 rings (SSSR count). The fraction of sp³-hybridized carbons (Fsp3) is 0.379. The zero-order chi connectivity index (χ0) is 28.2. The van der Waals surface area contributed by atoms with E-state index >= 15 is 0 Å². The lowest BCUT2D eigenvalue weighted by atomic mass is 9.85. The average molecular weight is 533 g/mol. The molecule has 0 spiro atoms. The van der Waals surface area contributed by atoms with Gasteiger partial charge in [0.2, 0.25) is 17.7 Å². The Morgan fingerprint density at radius 2 is 1.49 bits per heavy atom. The Balaban J connectivity index is 1.37. The van der Waals surface area contributed by atoms with Crippen molar-refractivity contribution in [3.8, 4) is 11.6 Å². The van der Waals surface area contributed by atoms with E-state index in [9.17, 15) is 14.4 Å². The van der Waals surface area contributed by atoms with Crippen LogP contribution in [0.5, 0.6) is 5.88 Å². The van der Waals surface area contributed by atoms with Crippen LogP contribution in [0.25, 0.3) is 5.69 Å². The van der Waals surface area contributed by atoms with Crippen molar-refractivity contribution in [2.24, 2.45) is 11.1 Å². The van der Waals surface area contributed by atoms with Gasteiger partial charge < -0.3 is 25.6 Å². The van der Waals surface area contributed by atoms with E-state index in [0.717, 1.165) is 11.4 Å². The summed E-state index contributed by atoms with van der Waals surface area (Å²) in [5.41, 5.74) is 7.80. The molecule has 0 aliphatic carbocycles. The summed E-state index contributed by atoms with van der Waals surface area (Å²) in [5.74, 6) is -0.295. The summed E-state index contributed by atoms with van der Waals surface area (Å²) in [5, 5.41) is 7.31. The van der Waals surface area contributed by atoms with Crippen molar-refractivity contribution >= 4 is 17.9 Å². The quantitative estimate of drug-likeness (QED) is 0.503. The third-order valence-electron chi connectivity index (χ3n) is 6.68. The molecule has 0 saturated carbocycles. The summed E-state index contributed by atoms with van der Waals surface area (Å²) in [7, 11) is 0. The van der Waals surface area contributed by atoms with Crippen LogP contribution in [-0.4, -0.2) is 69.7 Å². The molecule has 1 aliphatic rings. The Morgan fingerprint density at radius 1 is 0.923 bits per heavy atom. The molecule has 1 fully saturated rings. The largest absolute Gasteiger partial charge is 0.416 e. The number of carbonyl (C=O) groups excluding carboxylic acids is 3. The van der Waals surface area contributed by atoms with Crippen molar-refractivity contribution in [2.75, 3.05) is 26.2 Å². The minimum Gasteiger partial charge on any atom is -0.391 e. The number of para-hydroxylation sites is 1. The topological polar surface area (TPSA) is 123 Å². The first-order chi connectivity index (χ1) is 18.5. The zero-order valence-corrected chi connectivity index (χ0v) is 22.8. The number of hydrogen-bond donors (Lipinski definition) is 2. The number of ether oxygens (including phenoxy) is 1. The number of hydrogen-bond acceptors (Lipinski definition) is 6. The standard InChI is InChI=1S/C29H36N6O4/c1-20-19-23(35(32-20)22-13-9-6-10-14-22)39-28(38)34-17-15-33(16-18-34)27(37)25(29(2,3)4)31-26(36)24(30)21-11-7-5-8-12-21/h5-14,19,24-25H,15-18,30H2,1-4H3,(H,31,36). The third-order valence-corrected chi connectivity index (χ3v) is 6.68. The first kappa shape index (κ1) is 27.8. The molecule has 0 bridgehead atoms. The predicted octanol–water partition coefficient (Wildman–Crippen LogP) is 3.05. The number of piperazine rings is 1. The van der Waals surface area contributed by atoms with Crippen LogP contribution in [0.3, 0.4) is 0 Å². The summed E-state index contributed by atoms with van der Waals surface area (Å²) in [4.78, 5) is 42.7. The van der Waals surface area contributed by atoms with Crippen LogP contribution < -0.4 is 15.8 Å². The Labute approximate surface area is 228 Å². The fourth-order valence-corrected chi connectivity index (χ4v) is 4.44. The fourth-order valence-electron chi connectivity index (χ4n) is 4.44. The highest BCUT2D eigenvalue weighted by Crippen LogP contribution is 2.24. The lowest BCUT2D eigenvalue weighted by molar-refractivity contribution is -0.141. The van der Waals surface area contributed by atoms with Gasteiger partial charge in [-0.2, -0.15) is 5.10 Å². The Morgan fingerprint density at radius 3 is 2.08 bits per heavy atom. The van der Waals surface area contributed by atoms with Crippen LogP contribution in [0.2, 0.25) is 0 Å². The van der Waals surface area contributed by atoms with Crippen molar-refractivity contribution in [3.63, 3.8) is 0 Å². The molecule has 1 saturated heterocycles. The van der Waals surface area contributed by atoms with Gasteiger partial charge in [0.15, 0.2) is 0 Å². The average Bonchev–Trinajstić information content (AvgIpc) is 3.30. The van der Waals surface area contributed by atoms with E-state index in [1.54, 1.807) is 32.7 Å². The predicted molar refractivity (Wildman–Crippen MR) is 147 cm³/mol. The maximum absolute atomic E-state index is 13.5. The van der Waals surface area contributed by atoms with Gasteiger partial charge in [0.25, 0.3) is 0 Å². The third kappa shape index (κ3) is 6.64. The molecule has 2 aromatic carbocycles. The van der Waals surface area contributed by atoms with Crippen LogP contribution >= 0.6 is 0 Å². The number of aryl methyl sites for hydroxylation is 1. The lowest BCUT2D eigenvalue weighted by Gasteiger charge is -2.39. The highest BCUT2D eigenvalue weighted by atomic mass is 16.6. The SMILES string of the molecule is Cc1cc(OC(=O)N2CCN(C(=O)C(NC(=O)C(N)c3ccccc3)C(C)(C)C)CC2)n(-c2ccccc2)n1. The number of nitrogens with two attached hydrogens (primary N) is 1. The van der Waals surface area contributed by atoms with Crippen LogP contribution in [0.1, 0.15) is 38.1 Å². The molecule has 3 amide bonds. The number of benzene rings is 2. The molecule has 3 N–H and O–H groups in total. The zero-order valence-electron chi connectivity index (χ0n) is 22.8. The second-order valence-electron chi connectivity index (χ2n) is 10.7. The van der Waals surface area contributed by atoms with E-state index in [2.05, 4.69) is 10.4 Å². The van der Waals surface area contributed by atoms with Gasteiger partial charge in [-0.25, -0.2) is 9.48 Å². The van der Waals surface area contributed by atoms with E-state index in [1.165, 1.54) is 0 Å². The maximum atomic E-state index is 13.5. The first-order valence-corrected chi connectivity index (χ1v) is 13.0.